The third-order valence-electron chi connectivity index (χ3n) is 4.45. The van der Waals surface area contributed by atoms with Crippen LogP contribution >= 0.6 is 0 Å². The highest BCUT2D eigenvalue weighted by Gasteiger charge is 2.39. The molecule has 130 valence electrons. The molecule has 1 aliphatic heterocycles. The highest BCUT2D eigenvalue weighted by atomic mass is 32.2. The van der Waals surface area contributed by atoms with Crippen molar-refractivity contribution in [1.29, 1.82) is 0 Å². The Kier molecular flexibility index (Phi) is 4.84. The molecule has 1 aliphatic rings. The van der Waals surface area contributed by atoms with Gasteiger partial charge in [0.25, 0.3) is 10.0 Å². The van der Waals surface area contributed by atoms with E-state index in [9.17, 15) is 18.3 Å². The van der Waals surface area contributed by atoms with Crippen molar-refractivity contribution >= 4 is 16.0 Å². The van der Waals surface area contributed by atoms with Crippen molar-refractivity contribution in [3.8, 4) is 0 Å². The first-order chi connectivity index (χ1) is 10.6. The van der Waals surface area contributed by atoms with E-state index >= 15 is 0 Å². The maximum absolute atomic E-state index is 12.7. The van der Waals surface area contributed by atoms with Gasteiger partial charge in [-0.25, -0.2) is 13.4 Å². The largest absolute Gasteiger partial charge is 0.480 e. The molecule has 23 heavy (non-hydrogen) atoms. The smallest absolute Gasteiger partial charge is 0.323 e. The van der Waals surface area contributed by atoms with Crippen LogP contribution in [0.4, 0.5) is 0 Å². The number of nitrogens with zero attached hydrogens (tertiary/aromatic N) is 4. The van der Waals surface area contributed by atoms with Crippen LogP contribution in [0.25, 0.3) is 0 Å². The van der Waals surface area contributed by atoms with E-state index in [0.29, 0.717) is 25.5 Å². The zero-order valence-electron chi connectivity index (χ0n) is 14.0. The molecule has 9 heteroatoms. The Morgan fingerprint density at radius 2 is 1.87 bits per heavy atom. The van der Waals surface area contributed by atoms with Crippen LogP contribution in [0, 0.1) is 6.92 Å². The van der Waals surface area contributed by atoms with Gasteiger partial charge >= 0.3 is 5.97 Å². The lowest BCUT2D eigenvalue weighted by atomic mass is 10.0. The van der Waals surface area contributed by atoms with Crippen molar-refractivity contribution in [1.82, 2.24) is 18.8 Å². The number of carboxylic acids is 1. The van der Waals surface area contributed by atoms with E-state index in [4.69, 9.17) is 0 Å². The first-order valence-electron chi connectivity index (χ1n) is 7.63. The van der Waals surface area contributed by atoms with E-state index in [1.165, 1.54) is 4.31 Å². The fraction of sp³-hybridized carbons (Fsp3) is 0.714. The molecule has 0 amide bonds. The summed E-state index contributed by atoms with van der Waals surface area (Å²) in [6.07, 6.45) is 1.55. The molecule has 1 fully saturated rings. The Morgan fingerprint density at radius 1 is 1.30 bits per heavy atom. The standard InChI is InChI=1S/C14H24N4O4S/c1-5-16-10-12(15-11(16)2)23(21,22)18-8-6-17(7-9-18)14(3,4)13(19)20/h10H,5-9H2,1-4H3,(H,19,20). The Labute approximate surface area is 136 Å². The van der Waals surface area contributed by atoms with Crippen molar-refractivity contribution in [3.05, 3.63) is 12.0 Å². The second kappa shape index (κ2) is 6.21. The lowest BCUT2D eigenvalue weighted by Crippen LogP contribution is -2.58. The van der Waals surface area contributed by atoms with E-state index in [-0.39, 0.29) is 18.1 Å². The zero-order chi connectivity index (χ0) is 17.4. The summed E-state index contributed by atoms with van der Waals surface area (Å²) in [7, 11) is -3.64. The predicted octanol–water partition coefficient (Wildman–Crippen LogP) is 0.381. The maximum atomic E-state index is 12.7. The lowest BCUT2D eigenvalue weighted by Gasteiger charge is -2.40. The Balaban J connectivity index is 2.14. The molecular formula is C14H24N4O4S. The number of hydrogen-bond acceptors (Lipinski definition) is 5. The second-order valence-corrected chi connectivity index (χ2v) is 8.05. The number of sulfonamides is 1. The van der Waals surface area contributed by atoms with Crippen LogP contribution in [-0.4, -0.2) is 70.0 Å². The molecule has 0 aliphatic carbocycles. The molecule has 0 aromatic carbocycles. The molecular weight excluding hydrogens is 320 g/mol. The van der Waals surface area contributed by atoms with Crippen LogP contribution in [0.5, 0.6) is 0 Å². The zero-order valence-corrected chi connectivity index (χ0v) is 14.8. The third-order valence-corrected chi connectivity index (χ3v) is 6.22. The van der Waals surface area contributed by atoms with Crippen molar-refractivity contribution in [2.45, 2.75) is 44.8 Å². The Morgan fingerprint density at radius 3 is 2.30 bits per heavy atom. The first-order valence-corrected chi connectivity index (χ1v) is 9.07. The summed E-state index contributed by atoms with van der Waals surface area (Å²) in [6, 6.07) is 0. The van der Waals surface area contributed by atoms with E-state index < -0.39 is 21.5 Å². The molecule has 2 rings (SSSR count). The van der Waals surface area contributed by atoms with E-state index in [2.05, 4.69) is 4.98 Å². The molecule has 1 aromatic rings. The Hall–Kier alpha value is -1.45. The molecule has 1 saturated heterocycles. The van der Waals surface area contributed by atoms with Gasteiger partial charge in [-0.3, -0.25) is 9.69 Å². The van der Waals surface area contributed by atoms with Crippen molar-refractivity contribution in [3.63, 3.8) is 0 Å². The number of piperazine rings is 1. The van der Waals surface area contributed by atoms with Gasteiger partial charge in [0.1, 0.15) is 11.4 Å². The van der Waals surface area contributed by atoms with Crippen molar-refractivity contribution in [2.75, 3.05) is 26.2 Å². The number of aryl methyl sites for hydroxylation is 2. The number of aromatic nitrogens is 2. The lowest BCUT2D eigenvalue weighted by molar-refractivity contribution is -0.150. The van der Waals surface area contributed by atoms with Crippen LogP contribution in [0.2, 0.25) is 0 Å². The van der Waals surface area contributed by atoms with Gasteiger partial charge in [0.05, 0.1) is 0 Å². The van der Waals surface area contributed by atoms with Gasteiger partial charge in [-0.2, -0.15) is 4.31 Å². The van der Waals surface area contributed by atoms with Crippen molar-refractivity contribution < 1.29 is 18.3 Å². The monoisotopic (exact) mass is 344 g/mol. The van der Waals surface area contributed by atoms with Gasteiger partial charge in [-0.05, 0) is 27.7 Å². The summed E-state index contributed by atoms with van der Waals surface area (Å²) in [5.74, 6) is -0.247. The van der Waals surface area contributed by atoms with Crippen LogP contribution in [0.3, 0.4) is 0 Å². The highest BCUT2D eigenvalue weighted by molar-refractivity contribution is 7.89. The fourth-order valence-corrected chi connectivity index (χ4v) is 4.10. The molecule has 0 atom stereocenters. The quantitative estimate of drug-likeness (QED) is 0.830. The minimum atomic E-state index is -3.64. The molecule has 0 radical (unpaired) electrons. The fourth-order valence-electron chi connectivity index (χ4n) is 2.68. The minimum Gasteiger partial charge on any atom is -0.480 e. The van der Waals surface area contributed by atoms with E-state index in [1.807, 2.05) is 6.92 Å². The molecule has 8 nitrogen and oxygen atoms in total. The average molecular weight is 344 g/mol. The van der Waals surface area contributed by atoms with Gasteiger partial charge in [0.2, 0.25) is 0 Å². The van der Waals surface area contributed by atoms with Gasteiger partial charge in [-0.15, -0.1) is 0 Å². The van der Waals surface area contributed by atoms with E-state index in [1.54, 1.807) is 36.4 Å². The van der Waals surface area contributed by atoms with Crippen LogP contribution in [0.15, 0.2) is 11.2 Å². The number of rotatable bonds is 5. The molecule has 0 saturated carbocycles. The summed E-state index contributed by atoms with van der Waals surface area (Å²) in [4.78, 5) is 17.2. The predicted molar refractivity (Wildman–Crippen MR) is 84.7 cm³/mol. The first kappa shape index (κ1) is 17.9. The summed E-state index contributed by atoms with van der Waals surface area (Å²) >= 11 is 0. The van der Waals surface area contributed by atoms with Gasteiger partial charge < -0.3 is 9.67 Å². The summed E-state index contributed by atoms with van der Waals surface area (Å²) in [5.41, 5.74) is -1.00. The van der Waals surface area contributed by atoms with Gasteiger partial charge in [-0.1, -0.05) is 0 Å². The summed E-state index contributed by atoms with van der Waals surface area (Å²) in [6.45, 7) is 8.91. The molecule has 0 spiro atoms. The van der Waals surface area contributed by atoms with Crippen LogP contribution in [0.1, 0.15) is 26.6 Å². The SMILES string of the molecule is CCn1cc(S(=O)(=O)N2CCN(C(C)(C)C(=O)O)CC2)nc1C. The maximum Gasteiger partial charge on any atom is 0.323 e. The van der Waals surface area contributed by atoms with Gasteiger partial charge in [0.15, 0.2) is 5.03 Å². The molecule has 2 heterocycles. The molecule has 0 unspecified atom stereocenters. The Bertz CT molecular complexity index is 688. The number of carbonyl (C=O) groups is 1. The number of imidazole rings is 1. The molecule has 1 N–H and O–H groups in total. The summed E-state index contributed by atoms with van der Waals surface area (Å²) < 4.78 is 28.5. The molecule has 1 aromatic heterocycles. The average Bonchev–Trinajstić information content (AvgIpc) is 2.89. The van der Waals surface area contributed by atoms with Crippen LogP contribution in [-0.2, 0) is 21.4 Å². The van der Waals surface area contributed by atoms with Crippen molar-refractivity contribution in [2.24, 2.45) is 0 Å². The number of hydrogen-bond donors (Lipinski definition) is 1. The normalized spacial score (nSPS) is 18.3. The number of carboxylic acid groups (broad SMARTS) is 1. The minimum absolute atomic E-state index is 0.0581. The highest BCUT2D eigenvalue weighted by Crippen LogP contribution is 2.21. The topological polar surface area (TPSA) is 95.7 Å². The summed E-state index contributed by atoms with van der Waals surface area (Å²) in [5, 5.41) is 9.33. The van der Waals surface area contributed by atoms with E-state index in [0.717, 1.165) is 0 Å². The molecule has 0 bridgehead atoms. The number of aliphatic carboxylic acids is 1. The van der Waals surface area contributed by atoms with Crippen LogP contribution < -0.4 is 0 Å². The van der Waals surface area contributed by atoms with Gasteiger partial charge in [0, 0.05) is 38.9 Å². The third kappa shape index (κ3) is 3.26. The second-order valence-electron chi connectivity index (χ2n) is 6.17.